The zero-order chi connectivity index (χ0) is 23.1. The van der Waals surface area contributed by atoms with Crippen LogP contribution in [0.4, 0.5) is 11.4 Å². The van der Waals surface area contributed by atoms with Gasteiger partial charge < -0.3 is 15.4 Å². The maximum Gasteiger partial charge on any atom is 0.310 e. The lowest BCUT2D eigenvalue weighted by atomic mass is 10.1. The van der Waals surface area contributed by atoms with Crippen LogP contribution in [-0.4, -0.2) is 22.8 Å². The number of carbonyl (C=O) groups excluding carboxylic acids is 2. The van der Waals surface area contributed by atoms with Crippen molar-refractivity contribution in [1.29, 1.82) is 0 Å². The van der Waals surface area contributed by atoms with E-state index >= 15 is 0 Å². The topological polar surface area (TPSA) is 111 Å². The Morgan fingerprint density at radius 3 is 2.25 bits per heavy atom. The third-order valence-electron chi connectivity index (χ3n) is 4.81. The molecule has 8 heteroatoms. The highest BCUT2D eigenvalue weighted by molar-refractivity contribution is 6.04. The van der Waals surface area contributed by atoms with Crippen LogP contribution >= 0.6 is 0 Å². The van der Waals surface area contributed by atoms with Gasteiger partial charge in [-0.1, -0.05) is 54.6 Å². The van der Waals surface area contributed by atoms with E-state index in [0.29, 0.717) is 11.3 Å². The number of ether oxygens (including phenoxy) is 1. The Bertz CT molecular complexity index is 1120. The predicted molar refractivity (Wildman–Crippen MR) is 121 cm³/mol. The molecular formula is C24H23N3O5. The molecule has 0 aliphatic carbocycles. The Balaban J connectivity index is 1.71. The summed E-state index contributed by atoms with van der Waals surface area (Å²) in [7, 11) is 0. The maximum absolute atomic E-state index is 12.8. The number of nitro benzene ring substituents is 1. The molecule has 0 heterocycles. The summed E-state index contributed by atoms with van der Waals surface area (Å²) in [5.41, 5.74) is 1.32. The largest absolute Gasteiger partial charge is 0.474 e. The fraction of sp³-hybridized carbons (Fsp3) is 0.167. The summed E-state index contributed by atoms with van der Waals surface area (Å²) in [5, 5.41) is 16.8. The molecule has 2 amide bonds. The monoisotopic (exact) mass is 433 g/mol. The van der Waals surface area contributed by atoms with Crippen molar-refractivity contribution in [2.75, 3.05) is 5.32 Å². The highest BCUT2D eigenvalue weighted by Gasteiger charge is 2.22. The van der Waals surface area contributed by atoms with Gasteiger partial charge in [-0.3, -0.25) is 19.7 Å². The van der Waals surface area contributed by atoms with Gasteiger partial charge in [0.25, 0.3) is 11.8 Å². The molecule has 32 heavy (non-hydrogen) atoms. The number of carbonyl (C=O) groups is 2. The molecule has 0 fully saturated rings. The second-order valence-corrected chi connectivity index (χ2v) is 7.13. The minimum atomic E-state index is -1.03. The molecule has 0 bridgehead atoms. The lowest BCUT2D eigenvalue weighted by Crippen LogP contribution is -2.32. The molecular weight excluding hydrogens is 410 g/mol. The smallest absolute Gasteiger partial charge is 0.310 e. The number of anilines is 1. The third-order valence-corrected chi connectivity index (χ3v) is 4.81. The molecule has 0 saturated carbocycles. The van der Waals surface area contributed by atoms with Crippen LogP contribution < -0.4 is 15.4 Å². The first-order valence-electron chi connectivity index (χ1n) is 10.0. The molecule has 3 aromatic rings. The number of nitro groups is 1. The van der Waals surface area contributed by atoms with Crippen molar-refractivity contribution in [1.82, 2.24) is 5.32 Å². The Morgan fingerprint density at radius 1 is 0.906 bits per heavy atom. The van der Waals surface area contributed by atoms with E-state index in [9.17, 15) is 19.7 Å². The van der Waals surface area contributed by atoms with Gasteiger partial charge in [-0.2, -0.15) is 0 Å². The van der Waals surface area contributed by atoms with Gasteiger partial charge in [-0.15, -0.1) is 0 Å². The van der Waals surface area contributed by atoms with Gasteiger partial charge in [0.2, 0.25) is 0 Å². The van der Waals surface area contributed by atoms with Crippen molar-refractivity contribution >= 4 is 23.2 Å². The Kier molecular flexibility index (Phi) is 7.17. The summed E-state index contributed by atoms with van der Waals surface area (Å²) in [6, 6.07) is 21.7. The van der Waals surface area contributed by atoms with E-state index < -0.39 is 16.9 Å². The molecule has 0 aliphatic rings. The molecule has 2 atom stereocenters. The van der Waals surface area contributed by atoms with Gasteiger partial charge in [0.05, 0.1) is 22.2 Å². The Labute approximate surface area is 185 Å². The molecule has 3 aromatic carbocycles. The lowest BCUT2D eigenvalue weighted by Gasteiger charge is -2.18. The second kappa shape index (κ2) is 10.2. The normalized spacial score (nSPS) is 12.3. The molecule has 2 unspecified atom stereocenters. The molecule has 0 saturated heterocycles. The third kappa shape index (κ3) is 5.48. The lowest BCUT2D eigenvalue weighted by molar-refractivity contribution is -0.386. The van der Waals surface area contributed by atoms with E-state index in [-0.39, 0.29) is 23.4 Å². The van der Waals surface area contributed by atoms with Gasteiger partial charge in [-0.25, -0.2) is 0 Å². The fourth-order valence-electron chi connectivity index (χ4n) is 3.08. The number of amides is 2. The summed E-state index contributed by atoms with van der Waals surface area (Å²) in [6.07, 6.45) is -1.03. The zero-order valence-corrected chi connectivity index (χ0v) is 17.6. The quantitative estimate of drug-likeness (QED) is 0.402. The van der Waals surface area contributed by atoms with E-state index in [0.717, 1.165) is 5.56 Å². The molecule has 8 nitrogen and oxygen atoms in total. The minimum absolute atomic E-state index is 0.0112. The van der Waals surface area contributed by atoms with E-state index in [1.165, 1.54) is 25.1 Å². The van der Waals surface area contributed by atoms with Gasteiger partial charge >= 0.3 is 5.69 Å². The van der Waals surface area contributed by atoms with E-state index in [1.54, 1.807) is 30.3 Å². The molecule has 0 radical (unpaired) electrons. The SMILES string of the molecule is CC(Oc1ccccc1[N+](=O)[O-])C(=O)Nc1ccccc1C(=O)NC(C)c1ccccc1. The van der Waals surface area contributed by atoms with Crippen LogP contribution in [0.1, 0.15) is 35.8 Å². The van der Waals surface area contributed by atoms with E-state index in [1.807, 2.05) is 37.3 Å². The van der Waals surface area contributed by atoms with Gasteiger partial charge in [0, 0.05) is 6.07 Å². The van der Waals surface area contributed by atoms with E-state index in [2.05, 4.69) is 10.6 Å². The van der Waals surface area contributed by atoms with Crippen molar-refractivity contribution in [2.24, 2.45) is 0 Å². The van der Waals surface area contributed by atoms with Gasteiger partial charge in [0.1, 0.15) is 0 Å². The molecule has 0 aromatic heterocycles. The van der Waals surface area contributed by atoms with Crippen LogP contribution in [0.15, 0.2) is 78.9 Å². The predicted octanol–water partition coefficient (Wildman–Crippen LogP) is 4.49. The highest BCUT2D eigenvalue weighted by atomic mass is 16.6. The van der Waals surface area contributed by atoms with Crippen LogP contribution in [0.5, 0.6) is 5.75 Å². The molecule has 2 N–H and O–H groups in total. The number of nitrogens with one attached hydrogen (secondary N) is 2. The zero-order valence-electron chi connectivity index (χ0n) is 17.6. The minimum Gasteiger partial charge on any atom is -0.474 e. The summed E-state index contributed by atoms with van der Waals surface area (Å²) >= 11 is 0. The van der Waals surface area contributed by atoms with Crippen LogP contribution in [0, 0.1) is 10.1 Å². The van der Waals surface area contributed by atoms with Crippen LogP contribution in [-0.2, 0) is 4.79 Å². The molecule has 0 spiro atoms. The highest BCUT2D eigenvalue weighted by Crippen LogP contribution is 2.27. The standard InChI is InChI=1S/C24H23N3O5/c1-16(18-10-4-3-5-11-18)25-24(29)19-12-6-7-13-20(19)26-23(28)17(2)32-22-15-9-8-14-21(22)27(30)31/h3-17H,1-2H3,(H,25,29)(H,26,28). The number of hydrogen-bond donors (Lipinski definition) is 2. The Morgan fingerprint density at radius 2 is 1.53 bits per heavy atom. The van der Waals surface area contributed by atoms with Crippen molar-refractivity contribution in [3.63, 3.8) is 0 Å². The number of nitrogens with zero attached hydrogens (tertiary/aromatic N) is 1. The first kappa shape index (κ1) is 22.5. The Hall–Kier alpha value is -4.20. The average Bonchev–Trinajstić information content (AvgIpc) is 2.80. The number of rotatable bonds is 8. The number of para-hydroxylation sites is 3. The van der Waals surface area contributed by atoms with E-state index in [4.69, 9.17) is 4.74 Å². The summed E-state index contributed by atoms with van der Waals surface area (Å²) in [4.78, 5) is 36.1. The summed E-state index contributed by atoms with van der Waals surface area (Å²) in [6.45, 7) is 3.35. The maximum atomic E-state index is 12.8. The van der Waals surface area contributed by atoms with Crippen molar-refractivity contribution in [2.45, 2.75) is 26.0 Å². The summed E-state index contributed by atoms with van der Waals surface area (Å²) in [5.74, 6) is -0.896. The van der Waals surface area contributed by atoms with Crippen molar-refractivity contribution < 1.29 is 19.2 Å². The van der Waals surface area contributed by atoms with Crippen LogP contribution in [0.2, 0.25) is 0 Å². The van der Waals surface area contributed by atoms with Gasteiger partial charge in [-0.05, 0) is 37.6 Å². The van der Waals surface area contributed by atoms with Gasteiger partial charge in [0.15, 0.2) is 11.9 Å². The average molecular weight is 433 g/mol. The van der Waals surface area contributed by atoms with Crippen LogP contribution in [0.3, 0.4) is 0 Å². The second-order valence-electron chi connectivity index (χ2n) is 7.13. The molecule has 3 rings (SSSR count). The van der Waals surface area contributed by atoms with Crippen molar-refractivity contribution in [3.8, 4) is 5.75 Å². The van der Waals surface area contributed by atoms with Crippen molar-refractivity contribution in [3.05, 3.63) is 100 Å². The molecule has 0 aliphatic heterocycles. The first-order valence-corrected chi connectivity index (χ1v) is 10.0. The number of hydrogen-bond acceptors (Lipinski definition) is 5. The first-order chi connectivity index (χ1) is 15.4. The fourth-order valence-corrected chi connectivity index (χ4v) is 3.08. The summed E-state index contributed by atoms with van der Waals surface area (Å²) < 4.78 is 5.51. The molecule has 164 valence electrons. The van der Waals surface area contributed by atoms with Crippen LogP contribution in [0.25, 0.3) is 0 Å². The number of benzene rings is 3.